The Morgan fingerprint density at radius 1 is 1.28 bits per heavy atom. The van der Waals surface area contributed by atoms with Crippen LogP contribution < -0.4 is 10.6 Å². The molecule has 0 aliphatic carbocycles. The SMILES string of the molecule is Cc1nc(-c2ccc(CCNC(=O)[C@H](C)NC(=O)C(C)(C)C)s2)cs1. The number of aryl methyl sites for hydroxylation is 1. The monoisotopic (exact) mass is 379 g/mol. The van der Waals surface area contributed by atoms with E-state index < -0.39 is 11.5 Å². The normalized spacial score (nSPS) is 12.7. The summed E-state index contributed by atoms with van der Waals surface area (Å²) < 4.78 is 0. The molecule has 2 aromatic rings. The van der Waals surface area contributed by atoms with E-state index in [4.69, 9.17) is 0 Å². The van der Waals surface area contributed by atoms with Crippen LogP contribution in [0.5, 0.6) is 0 Å². The number of carbonyl (C=O) groups excluding carboxylic acids is 2. The summed E-state index contributed by atoms with van der Waals surface area (Å²) in [5, 5.41) is 8.74. The molecule has 0 bridgehead atoms. The summed E-state index contributed by atoms with van der Waals surface area (Å²) >= 11 is 3.34. The van der Waals surface area contributed by atoms with Gasteiger partial charge in [0.2, 0.25) is 11.8 Å². The number of aromatic nitrogens is 1. The first-order valence-corrected chi connectivity index (χ1v) is 9.96. The molecular weight excluding hydrogens is 354 g/mol. The zero-order valence-electron chi connectivity index (χ0n) is 15.3. The fourth-order valence-corrected chi connectivity index (χ4v) is 3.72. The predicted octanol–water partition coefficient (Wildman–Crippen LogP) is 3.39. The number of thiophene rings is 1. The van der Waals surface area contributed by atoms with Gasteiger partial charge >= 0.3 is 0 Å². The van der Waals surface area contributed by atoms with E-state index in [2.05, 4.69) is 33.1 Å². The molecule has 0 saturated carbocycles. The quantitative estimate of drug-likeness (QED) is 0.808. The summed E-state index contributed by atoms with van der Waals surface area (Å²) in [6.45, 7) is 9.72. The highest BCUT2D eigenvalue weighted by molar-refractivity contribution is 7.16. The molecule has 2 N–H and O–H groups in total. The van der Waals surface area contributed by atoms with Crippen molar-refractivity contribution < 1.29 is 9.59 Å². The van der Waals surface area contributed by atoms with Gasteiger partial charge in [-0.3, -0.25) is 9.59 Å². The second-order valence-electron chi connectivity index (χ2n) is 7.00. The van der Waals surface area contributed by atoms with E-state index >= 15 is 0 Å². The van der Waals surface area contributed by atoms with Gasteiger partial charge in [-0.05, 0) is 32.4 Å². The van der Waals surface area contributed by atoms with Crippen molar-refractivity contribution in [3.8, 4) is 10.6 Å². The molecule has 0 aromatic carbocycles. The van der Waals surface area contributed by atoms with Crippen LogP contribution in [-0.2, 0) is 16.0 Å². The van der Waals surface area contributed by atoms with E-state index in [9.17, 15) is 9.59 Å². The van der Waals surface area contributed by atoms with E-state index in [0.29, 0.717) is 6.54 Å². The van der Waals surface area contributed by atoms with Crippen LogP contribution in [0.2, 0.25) is 0 Å². The van der Waals surface area contributed by atoms with Crippen LogP contribution >= 0.6 is 22.7 Å². The van der Waals surface area contributed by atoms with E-state index in [1.54, 1.807) is 29.6 Å². The van der Waals surface area contributed by atoms with Crippen molar-refractivity contribution in [3.05, 3.63) is 27.4 Å². The Hall–Kier alpha value is -1.73. The highest BCUT2D eigenvalue weighted by Gasteiger charge is 2.24. The third kappa shape index (κ3) is 5.64. The van der Waals surface area contributed by atoms with Gasteiger partial charge in [-0.2, -0.15) is 0 Å². The van der Waals surface area contributed by atoms with Crippen molar-refractivity contribution in [3.63, 3.8) is 0 Å². The number of carbonyl (C=O) groups is 2. The summed E-state index contributed by atoms with van der Waals surface area (Å²) in [7, 11) is 0. The standard InChI is InChI=1S/C18H25N3O2S2/c1-11(20-17(23)18(3,4)5)16(22)19-9-8-13-6-7-15(25-13)14-10-24-12(2)21-14/h6-7,10-11H,8-9H2,1-5H3,(H,19,22)(H,20,23)/t11-/m0/s1. The number of hydrogen-bond donors (Lipinski definition) is 2. The third-order valence-electron chi connectivity index (χ3n) is 3.63. The molecule has 2 rings (SSSR count). The average Bonchev–Trinajstić information content (AvgIpc) is 3.14. The van der Waals surface area contributed by atoms with Gasteiger partial charge in [0.15, 0.2) is 0 Å². The van der Waals surface area contributed by atoms with Crippen LogP contribution in [0, 0.1) is 12.3 Å². The van der Waals surface area contributed by atoms with Crippen molar-refractivity contribution in [2.75, 3.05) is 6.54 Å². The van der Waals surface area contributed by atoms with Gasteiger partial charge in [-0.25, -0.2) is 4.98 Å². The maximum absolute atomic E-state index is 12.1. The minimum atomic E-state index is -0.538. The molecular formula is C18H25N3O2S2. The molecule has 5 nitrogen and oxygen atoms in total. The van der Waals surface area contributed by atoms with E-state index in [0.717, 1.165) is 22.0 Å². The Kier molecular flexibility index (Phi) is 6.35. The lowest BCUT2D eigenvalue weighted by Crippen LogP contribution is -2.48. The van der Waals surface area contributed by atoms with Crippen LogP contribution in [0.3, 0.4) is 0 Å². The topological polar surface area (TPSA) is 71.1 Å². The average molecular weight is 380 g/mol. The molecule has 0 aliphatic rings. The number of rotatable bonds is 6. The number of amides is 2. The van der Waals surface area contributed by atoms with Gasteiger partial charge in [0, 0.05) is 22.2 Å². The summed E-state index contributed by atoms with van der Waals surface area (Å²) in [4.78, 5) is 30.9. The Bertz CT molecular complexity index is 744. The fraction of sp³-hybridized carbons (Fsp3) is 0.500. The van der Waals surface area contributed by atoms with Gasteiger partial charge in [0.1, 0.15) is 6.04 Å². The van der Waals surface area contributed by atoms with Crippen molar-refractivity contribution >= 4 is 34.5 Å². The second-order valence-corrected chi connectivity index (χ2v) is 9.23. The maximum Gasteiger partial charge on any atom is 0.242 e. The lowest BCUT2D eigenvalue weighted by Gasteiger charge is -2.21. The molecule has 136 valence electrons. The summed E-state index contributed by atoms with van der Waals surface area (Å²) in [5.41, 5.74) is 0.511. The number of hydrogen-bond acceptors (Lipinski definition) is 5. The number of thiazole rings is 1. The highest BCUT2D eigenvalue weighted by atomic mass is 32.1. The highest BCUT2D eigenvalue weighted by Crippen LogP contribution is 2.29. The number of nitrogens with zero attached hydrogens (tertiary/aromatic N) is 1. The van der Waals surface area contributed by atoms with Gasteiger partial charge < -0.3 is 10.6 Å². The number of nitrogens with one attached hydrogen (secondary N) is 2. The van der Waals surface area contributed by atoms with Crippen molar-refractivity contribution in [2.45, 2.75) is 47.1 Å². The van der Waals surface area contributed by atoms with E-state index in [1.165, 1.54) is 4.88 Å². The van der Waals surface area contributed by atoms with E-state index in [1.807, 2.05) is 27.7 Å². The Morgan fingerprint density at radius 2 is 2.00 bits per heavy atom. The molecule has 25 heavy (non-hydrogen) atoms. The molecule has 0 radical (unpaired) electrons. The molecule has 0 saturated heterocycles. The predicted molar refractivity (Wildman–Crippen MR) is 104 cm³/mol. The van der Waals surface area contributed by atoms with Crippen molar-refractivity contribution in [1.29, 1.82) is 0 Å². The van der Waals surface area contributed by atoms with Crippen LogP contribution in [-0.4, -0.2) is 29.4 Å². The summed E-state index contributed by atoms with van der Waals surface area (Å²) in [5.74, 6) is -0.291. The minimum absolute atomic E-state index is 0.128. The molecule has 0 aliphatic heterocycles. The molecule has 2 aromatic heterocycles. The van der Waals surface area contributed by atoms with Gasteiger partial charge in [-0.15, -0.1) is 22.7 Å². The van der Waals surface area contributed by atoms with Gasteiger partial charge in [0.25, 0.3) is 0 Å². The van der Waals surface area contributed by atoms with Crippen LogP contribution in [0.25, 0.3) is 10.6 Å². The molecule has 2 heterocycles. The molecule has 2 amide bonds. The maximum atomic E-state index is 12.1. The molecule has 0 fully saturated rings. The first-order valence-electron chi connectivity index (χ1n) is 8.26. The first kappa shape index (κ1) is 19.6. The lowest BCUT2D eigenvalue weighted by atomic mass is 9.95. The zero-order valence-corrected chi connectivity index (χ0v) is 16.9. The van der Waals surface area contributed by atoms with Crippen LogP contribution in [0.4, 0.5) is 0 Å². The van der Waals surface area contributed by atoms with Gasteiger partial charge in [-0.1, -0.05) is 20.8 Å². The molecule has 0 spiro atoms. The van der Waals surface area contributed by atoms with Crippen molar-refractivity contribution in [2.24, 2.45) is 5.41 Å². The summed E-state index contributed by atoms with van der Waals surface area (Å²) in [6.07, 6.45) is 0.763. The fourth-order valence-electron chi connectivity index (χ4n) is 2.07. The lowest BCUT2D eigenvalue weighted by molar-refractivity contribution is -0.133. The smallest absolute Gasteiger partial charge is 0.242 e. The molecule has 1 atom stereocenters. The first-order chi connectivity index (χ1) is 11.7. The zero-order chi connectivity index (χ0) is 18.6. The Morgan fingerprint density at radius 3 is 2.60 bits per heavy atom. The van der Waals surface area contributed by atoms with Crippen LogP contribution in [0.15, 0.2) is 17.5 Å². The third-order valence-corrected chi connectivity index (χ3v) is 5.57. The molecule has 7 heteroatoms. The minimum Gasteiger partial charge on any atom is -0.354 e. The second kappa shape index (κ2) is 8.10. The molecule has 0 unspecified atom stereocenters. The van der Waals surface area contributed by atoms with E-state index in [-0.39, 0.29) is 11.8 Å². The summed E-state index contributed by atoms with van der Waals surface area (Å²) in [6, 6.07) is 3.61. The van der Waals surface area contributed by atoms with Gasteiger partial charge in [0.05, 0.1) is 15.6 Å². The Balaban J connectivity index is 1.79. The Labute approximate surface area is 156 Å². The van der Waals surface area contributed by atoms with Crippen molar-refractivity contribution in [1.82, 2.24) is 15.6 Å². The van der Waals surface area contributed by atoms with Crippen LogP contribution in [0.1, 0.15) is 37.6 Å². The largest absolute Gasteiger partial charge is 0.354 e.